The van der Waals surface area contributed by atoms with E-state index >= 15 is 0 Å². The van der Waals surface area contributed by atoms with Gasteiger partial charge in [0.1, 0.15) is 11.6 Å². The molecule has 0 saturated heterocycles. The molecule has 112 valence electrons. The highest BCUT2D eigenvalue weighted by Crippen LogP contribution is 2.27. The van der Waals surface area contributed by atoms with E-state index < -0.39 is 0 Å². The molecule has 0 aliphatic carbocycles. The molecular weight excluding hydrogens is 265 g/mol. The van der Waals surface area contributed by atoms with Crippen molar-refractivity contribution in [3.63, 3.8) is 0 Å². The van der Waals surface area contributed by atoms with Crippen LogP contribution in [-0.4, -0.2) is 11.7 Å². The van der Waals surface area contributed by atoms with Gasteiger partial charge in [0.15, 0.2) is 0 Å². The maximum atomic E-state index is 13.3. The quantitative estimate of drug-likeness (QED) is 0.865. The van der Waals surface area contributed by atoms with E-state index in [-0.39, 0.29) is 23.0 Å². The number of phenols is 1. The third-order valence-electron chi connectivity index (χ3n) is 3.86. The number of halogens is 1. The van der Waals surface area contributed by atoms with Crippen molar-refractivity contribution in [3.8, 4) is 5.75 Å². The maximum absolute atomic E-state index is 13.3. The number of phenolic OH excluding ortho intramolecular Hbond substituents is 1. The van der Waals surface area contributed by atoms with Gasteiger partial charge in [0.25, 0.3) is 0 Å². The van der Waals surface area contributed by atoms with Crippen LogP contribution in [0.15, 0.2) is 48.5 Å². The fourth-order valence-corrected chi connectivity index (χ4v) is 2.38. The summed E-state index contributed by atoms with van der Waals surface area (Å²) in [6.45, 7) is 6.98. The largest absolute Gasteiger partial charge is 0.508 e. The Labute approximate surface area is 125 Å². The van der Waals surface area contributed by atoms with Crippen LogP contribution in [0.5, 0.6) is 5.75 Å². The summed E-state index contributed by atoms with van der Waals surface area (Å²) in [4.78, 5) is 0. The fourth-order valence-electron chi connectivity index (χ4n) is 2.38. The molecule has 1 atom stereocenters. The number of hydrogen-bond acceptors (Lipinski definition) is 2. The van der Waals surface area contributed by atoms with Crippen molar-refractivity contribution in [3.05, 3.63) is 65.5 Å². The number of rotatable bonds is 5. The van der Waals surface area contributed by atoms with Crippen molar-refractivity contribution in [2.24, 2.45) is 0 Å². The second-order valence-corrected chi connectivity index (χ2v) is 6.06. The Hall–Kier alpha value is -1.87. The lowest BCUT2D eigenvalue weighted by Crippen LogP contribution is -2.34. The summed E-state index contributed by atoms with van der Waals surface area (Å²) >= 11 is 0. The molecule has 0 amide bonds. The van der Waals surface area contributed by atoms with Gasteiger partial charge in [0.2, 0.25) is 0 Å². The molecular formula is C18H22FNO. The normalized spacial score (nSPS) is 13.1. The van der Waals surface area contributed by atoms with Gasteiger partial charge >= 0.3 is 0 Å². The molecule has 3 heteroatoms. The Morgan fingerprint density at radius 1 is 1.14 bits per heavy atom. The Bertz CT molecular complexity index is 595. The maximum Gasteiger partial charge on any atom is 0.123 e. The third-order valence-corrected chi connectivity index (χ3v) is 3.86. The van der Waals surface area contributed by atoms with E-state index in [9.17, 15) is 9.50 Å². The minimum absolute atomic E-state index is 0.0432. The first-order chi connectivity index (χ1) is 9.90. The number of aromatic hydroxyl groups is 1. The summed E-state index contributed by atoms with van der Waals surface area (Å²) in [6, 6.07) is 14.2. The molecule has 2 aromatic rings. The van der Waals surface area contributed by atoms with E-state index in [1.165, 1.54) is 23.8 Å². The van der Waals surface area contributed by atoms with Crippen molar-refractivity contribution in [2.45, 2.75) is 32.2 Å². The van der Waals surface area contributed by atoms with Gasteiger partial charge in [-0.05, 0) is 30.7 Å². The highest BCUT2D eigenvalue weighted by atomic mass is 19.1. The second-order valence-electron chi connectivity index (χ2n) is 6.06. The van der Waals surface area contributed by atoms with Crippen molar-refractivity contribution >= 4 is 0 Å². The smallest absolute Gasteiger partial charge is 0.123 e. The molecule has 0 aliphatic rings. The summed E-state index contributed by atoms with van der Waals surface area (Å²) in [7, 11) is 0. The van der Waals surface area contributed by atoms with Crippen molar-refractivity contribution in [2.75, 3.05) is 6.54 Å². The first-order valence-corrected chi connectivity index (χ1v) is 7.17. The molecule has 0 aliphatic heterocycles. The second kappa shape index (κ2) is 6.27. The van der Waals surface area contributed by atoms with Gasteiger partial charge in [-0.2, -0.15) is 0 Å². The highest BCUT2D eigenvalue weighted by molar-refractivity contribution is 5.35. The van der Waals surface area contributed by atoms with Gasteiger partial charge in [-0.1, -0.05) is 44.2 Å². The molecule has 0 spiro atoms. The average molecular weight is 287 g/mol. The van der Waals surface area contributed by atoms with E-state index in [4.69, 9.17) is 0 Å². The molecule has 0 saturated carbocycles. The monoisotopic (exact) mass is 287 g/mol. The van der Waals surface area contributed by atoms with Gasteiger partial charge in [-0.25, -0.2) is 4.39 Å². The summed E-state index contributed by atoms with van der Waals surface area (Å²) in [5.74, 6) is -0.215. The van der Waals surface area contributed by atoms with Gasteiger partial charge in [0, 0.05) is 23.6 Å². The minimum Gasteiger partial charge on any atom is -0.508 e. The Morgan fingerprint density at radius 2 is 1.81 bits per heavy atom. The standard InChI is InChI=1S/C18H22FNO/c1-13(16-11-15(19)9-10-17(16)21)20-12-18(2,3)14-7-5-4-6-8-14/h4-11,13,20-21H,12H2,1-3H3. The lowest BCUT2D eigenvalue weighted by Gasteiger charge is -2.28. The van der Waals surface area contributed by atoms with E-state index in [1.54, 1.807) is 0 Å². The third kappa shape index (κ3) is 3.82. The Kier molecular flexibility index (Phi) is 4.63. The zero-order valence-corrected chi connectivity index (χ0v) is 12.7. The van der Waals surface area contributed by atoms with Crippen LogP contribution in [0.2, 0.25) is 0 Å². The zero-order valence-electron chi connectivity index (χ0n) is 12.7. The van der Waals surface area contributed by atoms with E-state index in [2.05, 4.69) is 31.3 Å². The average Bonchev–Trinajstić information content (AvgIpc) is 2.48. The summed E-state index contributed by atoms with van der Waals surface area (Å²) in [5, 5.41) is 13.2. The van der Waals surface area contributed by atoms with Crippen LogP contribution in [0.3, 0.4) is 0 Å². The molecule has 0 heterocycles. The minimum atomic E-state index is -0.334. The van der Waals surface area contributed by atoms with Gasteiger partial charge < -0.3 is 10.4 Å². The molecule has 2 nitrogen and oxygen atoms in total. The molecule has 0 aromatic heterocycles. The van der Waals surface area contributed by atoms with E-state index in [0.29, 0.717) is 5.56 Å². The van der Waals surface area contributed by atoms with Crippen LogP contribution >= 0.6 is 0 Å². The zero-order chi connectivity index (χ0) is 15.5. The SMILES string of the molecule is CC(NCC(C)(C)c1ccccc1)c1cc(F)ccc1O. The van der Waals surface area contributed by atoms with Gasteiger partial charge in [0.05, 0.1) is 0 Å². The molecule has 2 N–H and O–H groups in total. The van der Waals surface area contributed by atoms with Crippen LogP contribution in [0, 0.1) is 5.82 Å². The summed E-state index contributed by atoms with van der Waals surface area (Å²) in [6.07, 6.45) is 0. The molecule has 2 rings (SSSR count). The number of hydrogen-bond donors (Lipinski definition) is 2. The van der Waals surface area contributed by atoms with Crippen molar-refractivity contribution < 1.29 is 9.50 Å². The Morgan fingerprint density at radius 3 is 2.48 bits per heavy atom. The Balaban J connectivity index is 2.07. The van der Waals surface area contributed by atoms with E-state index in [1.807, 2.05) is 25.1 Å². The van der Waals surface area contributed by atoms with E-state index in [0.717, 1.165) is 6.54 Å². The highest BCUT2D eigenvalue weighted by Gasteiger charge is 2.21. The van der Waals surface area contributed by atoms with Crippen LogP contribution in [0.25, 0.3) is 0 Å². The molecule has 2 aromatic carbocycles. The van der Waals surface area contributed by atoms with Crippen LogP contribution in [0.4, 0.5) is 4.39 Å². The lowest BCUT2D eigenvalue weighted by atomic mass is 9.84. The number of nitrogens with one attached hydrogen (secondary N) is 1. The molecule has 21 heavy (non-hydrogen) atoms. The first kappa shape index (κ1) is 15.5. The first-order valence-electron chi connectivity index (χ1n) is 7.17. The van der Waals surface area contributed by atoms with Crippen molar-refractivity contribution in [1.82, 2.24) is 5.32 Å². The van der Waals surface area contributed by atoms with Crippen LogP contribution < -0.4 is 5.32 Å². The topological polar surface area (TPSA) is 32.3 Å². The predicted octanol–water partition coefficient (Wildman–Crippen LogP) is 4.16. The summed E-state index contributed by atoms with van der Waals surface area (Å²) in [5.41, 5.74) is 1.78. The molecule has 0 bridgehead atoms. The van der Waals surface area contributed by atoms with Crippen molar-refractivity contribution in [1.29, 1.82) is 0 Å². The lowest BCUT2D eigenvalue weighted by molar-refractivity contribution is 0.415. The van der Waals surface area contributed by atoms with Gasteiger partial charge in [-0.15, -0.1) is 0 Å². The molecule has 0 fully saturated rings. The summed E-state index contributed by atoms with van der Waals surface area (Å²) < 4.78 is 13.3. The predicted molar refractivity (Wildman–Crippen MR) is 84.0 cm³/mol. The fraction of sp³-hybridized carbons (Fsp3) is 0.333. The molecule has 1 unspecified atom stereocenters. The van der Waals surface area contributed by atoms with Crippen LogP contribution in [-0.2, 0) is 5.41 Å². The number of benzene rings is 2. The van der Waals surface area contributed by atoms with Gasteiger partial charge in [-0.3, -0.25) is 0 Å². The molecule has 0 radical (unpaired) electrons. The van der Waals surface area contributed by atoms with Crippen LogP contribution in [0.1, 0.15) is 37.9 Å².